The van der Waals surface area contributed by atoms with Crippen LogP contribution >= 0.6 is 0 Å². The van der Waals surface area contributed by atoms with Gasteiger partial charge in [-0.25, -0.2) is 8.42 Å². The molecule has 2 heterocycles. The summed E-state index contributed by atoms with van der Waals surface area (Å²) in [5, 5.41) is 3.96. The molecule has 1 aromatic heterocycles. The summed E-state index contributed by atoms with van der Waals surface area (Å²) >= 11 is 0. The Morgan fingerprint density at radius 2 is 1.79 bits per heavy atom. The molecular formula is C17H23N3O3S. The molecule has 6 nitrogen and oxygen atoms in total. The minimum Gasteiger partial charge on any atom is -0.364 e. The van der Waals surface area contributed by atoms with Gasteiger partial charge in [-0.1, -0.05) is 17.3 Å². The van der Waals surface area contributed by atoms with Crippen molar-refractivity contribution in [3.63, 3.8) is 0 Å². The van der Waals surface area contributed by atoms with Crippen LogP contribution in [0.3, 0.4) is 0 Å². The summed E-state index contributed by atoms with van der Waals surface area (Å²) in [6.07, 6.45) is 2.84. The average molecular weight is 349 g/mol. The van der Waals surface area contributed by atoms with Crippen LogP contribution in [0.2, 0.25) is 0 Å². The van der Waals surface area contributed by atoms with Gasteiger partial charge in [0.2, 0.25) is 0 Å². The van der Waals surface area contributed by atoms with Crippen molar-refractivity contribution >= 4 is 9.84 Å². The fraction of sp³-hybridized carbons (Fsp3) is 0.471. The molecule has 0 amide bonds. The van der Waals surface area contributed by atoms with Crippen LogP contribution in [0.4, 0.5) is 0 Å². The van der Waals surface area contributed by atoms with Crippen molar-refractivity contribution in [2.45, 2.75) is 24.4 Å². The molecule has 1 aliphatic heterocycles. The van der Waals surface area contributed by atoms with Gasteiger partial charge in [-0.2, -0.15) is 0 Å². The van der Waals surface area contributed by atoms with Gasteiger partial charge in [-0.3, -0.25) is 9.80 Å². The molecule has 1 aliphatic rings. The highest BCUT2D eigenvalue weighted by Gasteiger charge is 2.22. The predicted molar refractivity (Wildman–Crippen MR) is 91.3 cm³/mol. The lowest BCUT2D eigenvalue weighted by Crippen LogP contribution is -2.46. The van der Waals surface area contributed by atoms with E-state index in [1.54, 1.807) is 18.4 Å². The number of nitrogens with zero attached hydrogens (tertiary/aromatic N) is 3. The first-order valence-corrected chi connectivity index (χ1v) is 9.98. The Balaban J connectivity index is 1.57. The first kappa shape index (κ1) is 17.1. The normalized spacial score (nSPS) is 18.6. The van der Waals surface area contributed by atoms with Gasteiger partial charge in [0.15, 0.2) is 9.84 Å². The Bertz CT molecular complexity index is 749. The Kier molecular flexibility index (Phi) is 5.03. The minimum absolute atomic E-state index is 0.271. The van der Waals surface area contributed by atoms with Gasteiger partial charge in [0, 0.05) is 51.1 Å². The van der Waals surface area contributed by atoms with Crippen molar-refractivity contribution in [1.82, 2.24) is 15.0 Å². The lowest BCUT2D eigenvalue weighted by atomic mass is 10.1. The fourth-order valence-electron chi connectivity index (χ4n) is 3.06. The number of hydrogen-bond acceptors (Lipinski definition) is 6. The molecule has 0 spiro atoms. The van der Waals surface area contributed by atoms with E-state index in [2.05, 4.69) is 21.9 Å². The maximum atomic E-state index is 11.6. The molecule has 3 rings (SSSR count). The third kappa shape index (κ3) is 4.03. The fourth-order valence-corrected chi connectivity index (χ4v) is 3.69. The molecule has 1 atom stereocenters. The molecule has 0 radical (unpaired) electrons. The van der Waals surface area contributed by atoms with Crippen LogP contribution < -0.4 is 0 Å². The molecule has 0 aliphatic carbocycles. The third-order valence-electron chi connectivity index (χ3n) is 4.62. The topological polar surface area (TPSA) is 66.7 Å². The van der Waals surface area contributed by atoms with Gasteiger partial charge in [0.05, 0.1) is 10.6 Å². The summed E-state index contributed by atoms with van der Waals surface area (Å²) in [7, 11) is -3.14. The van der Waals surface area contributed by atoms with Gasteiger partial charge in [0.1, 0.15) is 6.26 Å². The number of aromatic nitrogens is 1. The zero-order chi connectivity index (χ0) is 17.2. The second kappa shape index (κ2) is 7.04. The minimum atomic E-state index is -3.14. The Morgan fingerprint density at radius 3 is 2.33 bits per heavy atom. The molecule has 0 saturated carbocycles. The van der Waals surface area contributed by atoms with E-state index in [0.29, 0.717) is 4.90 Å². The van der Waals surface area contributed by atoms with Gasteiger partial charge < -0.3 is 4.52 Å². The van der Waals surface area contributed by atoms with Crippen molar-refractivity contribution in [1.29, 1.82) is 0 Å². The molecule has 2 aromatic rings. The lowest BCUT2D eigenvalue weighted by molar-refractivity contribution is 0.0963. The zero-order valence-electron chi connectivity index (χ0n) is 14.1. The van der Waals surface area contributed by atoms with Crippen LogP contribution in [0.25, 0.3) is 0 Å². The van der Waals surface area contributed by atoms with E-state index < -0.39 is 9.84 Å². The maximum absolute atomic E-state index is 11.6. The summed E-state index contributed by atoms with van der Waals surface area (Å²) < 4.78 is 28.0. The standard InChI is InChI=1S/C17H23N3O3S/c1-14(15-3-5-17(6-4-15)24(2,21)22)20-10-8-19(9-11-20)13-16-7-12-23-18-16/h3-7,12,14H,8-11,13H2,1-2H3/t14-/m1/s1. The van der Waals surface area contributed by atoms with Crippen molar-refractivity contribution in [3.8, 4) is 0 Å². The van der Waals surface area contributed by atoms with E-state index >= 15 is 0 Å². The number of hydrogen-bond donors (Lipinski definition) is 0. The number of rotatable bonds is 5. The van der Waals surface area contributed by atoms with E-state index in [1.807, 2.05) is 18.2 Å². The molecule has 1 saturated heterocycles. The molecule has 1 fully saturated rings. The number of piperazine rings is 1. The average Bonchev–Trinajstić information content (AvgIpc) is 3.07. The molecule has 130 valence electrons. The largest absolute Gasteiger partial charge is 0.364 e. The molecule has 0 bridgehead atoms. The van der Waals surface area contributed by atoms with Crippen molar-refractivity contribution in [2.75, 3.05) is 32.4 Å². The first-order chi connectivity index (χ1) is 11.4. The molecule has 0 unspecified atom stereocenters. The summed E-state index contributed by atoms with van der Waals surface area (Å²) in [5.74, 6) is 0. The van der Waals surface area contributed by atoms with E-state index in [1.165, 1.54) is 6.26 Å². The van der Waals surface area contributed by atoms with Crippen LogP contribution in [0.5, 0.6) is 0 Å². The van der Waals surface area contributed by atoms with Crippen LogP contribution in [0.15, 0.2) is 46.0 Å². The smallest absolute Gasteiger partial charge is 0.175 e. The Hall–Kier alpha value is -1.70. The maximum Gasteiger partial charge on any atom is 0.175 e. The molecule has 7 heteroatoms. The molecule has 1 aromatic carbocycles. The molecule has 24 heavy (non-hydrogen) atoms. The van der Waals surface area contributed by atoms with E-state index in [9.17, 15) is 8.42 Å². The summed E-state index contributed by atoms with van der Waals surface area (Å²) in [5.41, 5.74) is 2.11. The van der Waals surface area contributed by atoms with Crippen LogP contribution in [-0.2, 0) is 16.4 Å². The summed E-state index contributed by atoms with van der Waals surface area (Å²) in [6.45, 7) is 6.92. The van der Waals surface area contributed by atoms with E-state index in [4.69, 9.17) is 4.52 Å². The van der Waals surface area contributed by atoms with Gasteiger partial charge in [-0.15, -0.1) is 0 Å². The number of benzene rings is 1. The molecule has 0 N–H and O–H groups in total. The quantitative estimate of drug-likeness (QED) is 0.822. The lowest BCUT2D eigenvalue weighted by Gasteiger charge is -2.38. The van der Waals surface area contributed by atoms with E-state index in [0.717, 1.165) is 44.0 Å². The Labute approximate surface area is 143 Å². The van der Waals surface area contributed by atoms with Crippen molar-refractivity contribution < 1.29 is 12.9 Å². The summed E-state index contributed by atoms with van der Waals surface area (Å²) in [6, 6.07) is 9.40. The van der Waals surface area contributed by atoms with Crippen LogP contribution in [-0.4, -0.2) is 55.8 Å². The van der Waals surface area contributed by atoms with Gasteiger partial charge >= 0.3 is 0 Å². The van der Waals surface area contributed by atoms with Crippen LogP contribution in [0.1, 0.15) is 24.2 Å². The third-order valence-corrected chi connectivity index (χ3v) is 5.75. The summed E-state index contributed by atoms with van der Waals surface area (Å²) in [4.78, 5) is 5.17. The van der Waals surface area contributed by atoms with Gasteiger partial charge in [0.25, 0.3) is 0 Å². The molecular weight excluding hydrogens is 326 g/mol. The van der Waals surface area contributed by atoms with Crippen LogP contribution in [0, 0.1) is 0 Å². The highest BCUT2D eigenvalue weighted by molar-refractivity contribution is 7.90. The second-order valence-electron chi connectivity index (χ2n) is 6.32. The highest BCUT2D eigenvalue weighted by atomic mass is 32.2. The predicted octanol–water partition coefficient (Wildman–Crippen LogP) is 1.96. The number of sulfone groups is 1. The highest BCUT2D eigenvalue weighted by Crippen LogP contribution is 2.23. The van der Waals surface area contributed by atoms with Crippen molar-refractivity contribution in [2.24, 2.45) is 0 Å². The first-order valence-electron chi connectivity index (χ1n) is 8.09. The second-order valence-corrected chi connectivity index (χ2v) is 8.34. The monoisotopic (exact) mass is 349 g/mol. The Morgan fingerprint density at radius 1 is 1.12 bits per heavy atom. The van der Waals surface area contributed by atoms with E-state index in [-0.39, 0.29) is 6.04 Å². The SMILES string of the molecule is C[C@H](c1ccc(S(C)(=O)=O)cc1)N1CCN(Cc2ccon2)CC1. The van der Waals surface area contributed by atoms with Gasteiger partial charge in [-0.05, 0) is 24.6 Å². The van der Waals surface area contributed by atoms with Crippen molar-refractivity contribution in [3.05, 3.63) is 47.9 Å². The zero-order valence-corrected chi connectivity index (χ0v) is 14.9.